The van der Waals surface area contributed by atoms with Gasteiger partial charge in [0, 0.05) is 26.8 Å². The highest BCUT2D eigenvalue weighted by molar-refractivity contribution is 7.89. The van der Waals surface area contributed by atoms with Crippen LogP contribution in [0.1, 0.15) is 5.56 Å². The van der Waals surface area contributed by atoms with Crippen LogP contribution in [-0.2, 0) is 24.8 Å². The monoisotopic (exact) mass is 489 g/mol. The Hall–Kier alpha value is -2.18. The van der Waals surface area contributed by atoms with Crippen LogP contribution >= 0.6 is 11.6 Å². The molecule has 1 amide bonds. The van der Waals surface area contributed by atoms with Gasteiger partial charge in [-0.1, -0.05) is 17.7 Å². The Bertz CT molecular complexity index is 1200. The van der Waals surface area contributed by atoms with Crippen LogP contribution in [0.3, 0.4) is 0 Å². The summed E-state index contributed by atoms with van der Waals surface area (Å²) < 4.78 is 57.1. The van der Waals surface area contributed by atoms with Crippen LogP contribution in [0, 0.1) is 6.92 Å². The molecule has 0 aliphatic carbocycles. The Labute approximate surface area is 187 Å². The molecule has 0 heterocycles. The molecule has 0 saturated carbocycles. The zero-order chi connectivity index (χ0) is 23.6. The average Bonchev–Trinajstić information content (AvgIpc) is 2.69. The predicted molar refractivity (Wildman–Crippen MR) is 119 cm³/mol. The van der Waals surface area contributed by atoms with E-state index in [-0.39, 0.29) is 20.5 Å². The van der Waals surface area contributed by atoms with Gasteiger partial charge in [0.1, 0.15) is 5.75 Å². The first-order valence-corrected chi connectivity index (χ1v) is 12.2. The lowest BCUT2D eigenvalue weighted by Crippen LogP contribution is -2.35. The molecule has 0 fully saturated rings. The van der Waals surface area contributed by atoms with E-state index in [1.807, 2.05) is 0 Å². The number of carbonyl (C=O) groups is 1. The molecule has 0 aliphatic heterocycles. The summed E-state index contributed by atoms with van der Waals surface area (Å²) in [6.45, 7) is 1.21. The van der Waals surface area contributed by atoms with Gasteiger partial charge < -0.3 is 10.1 Å². The van der Waals surface area contributed by atoms with Gasteiger partial charge in [-0.2, -0.15) is 4.31 Å². The fourth-order valence-electron chi connectivity index (χ4n) is 2.57. The number of rotatable bonds is 8. The molecule has 31 heavy (non-hydrogen) atoms. The topological polar surface area (TPSA) is 113 Å². The van der Waals surface area contributed by atoms with Crippen LogP contribution in [0.4, 0.5) is 5.69 Å². The zero-order valence-electron chi connectivity index (χ0n) is 17.7. The molecule has 0 aliphatic rings. The summed E-state index contributed by atoms with van der Waals surface area (Å²) in [4.78, 5) is 12.4. The van der Waals surface area contributed by atoms with E-state index in [2.05, 4.69) is 5.32 Å². The third-order valence-electron chi connectivity index (χ3n) is 4.46. The fraction of sp³-hybridized carbons (Fsp3) is 0.316. The van der Waals surface area contributed by atoms with Crippen molar-refractivity contribution in [2.24, 2.45) is 0 Å². The largest absolute Gasteiger partial charge is 0.495 e. The van der Waals surface area contributed by atoms with Crippen LogP contribution in [-0.4, -0.2) is 66.2 Å². The number of halogens is 1. The van der Waals surface area contributed by atoms with E-state index in [4.69, 9.17) is 16.3 Å². The van der Waals surface area contributed by atoms with E-state index in [0.717, 1.165) is 8.61 Å². The number of amides is 1. The third-order valence-corrected chi connectivity index (χ3v) is 8.37. The lowest BCUT2D eigenvalue weighted by molar-refractivity contribution is -0.116. The van der Waals surface area contributed by atoms with E-state index < -0.39 is 32.5 Å². The van der Waals surface area contributed by atoms with Crippen molar-refractivity contribution in [2.45, 2.75) is 16.7 Å². The molecular formula is C19H24ClN3O6S2. The second-order valence-electron chi connectivity index (χ2n) is 6.87. The minimum atomic E-state index is -4.00. The van der Waals surface area contributed by atoms with Crippen molar-refractivity contribution < 1.29 is 26.4 Å². The highest BCUT2D eigenvalue weighted by Crippen LogP contribution is 2.28. The Kier molecular flexibility index (Phi) is 7.71. The highest BCUT2D eigenvalue weighted by atomic mass is 35.5. The second-order valence-corrected chi connectivity index (χ2v) is 11.5. The molecule has 0 aromatic heterocycles. The van der Waals surface area contributed by atoms with Crippen molar-refractivity contribution in [1.29, 1.82) is 0 Å². The van der Waals surface area contributed by atoms with E-state index in [0.29, 0.717) is 11.3 Å². The van der Waals surface area contributed by atoms with Gasteiger partial charge in [0.25, 0.3) is 0 Å². The molecule has 0 radical (unpaired) electrons. The van der Waals surface area contributed by atoms with E-state index >= 15 is 0 Å². The standard InChI is InChI=1S/C19H24ClN3O6S2/c1-13-6-7-15(30(25,26)22(2)3)11-17(13)21-19(24)12-23(4)31(27,28)14-8-9-18(29-5)16(20)10-14/h6-11H,12H2,1-5H3,(H,21,24). The lowest BCUT2D eigenvalue weighted by atomic mass is 10.2. The SMILES string of the molecule is COc1ccc(S(=O)(=O)N(C)CC(=O)Nc2cc(S(=O)(=O)N(C)C)ccc2C)cc1Cl. The number of benzene rings is 2. The van der Waals surface area contributed by atoms with Gasteiger partial charge in [-0.3, -0.25) is 4.79 Å². The second kappa shape index (κ2) is 9.53. The number of hydrogen-bond donors (Lipinski definition) is 1. The summed E-state index contributed by atoms with van der Waals surface area (Å²) in [6, 6.07) is 8.32. The van der Waals surface area contributed by atoms with Crippen molar-refractivity contribution in [2.75, 3.05) is 40.1 Å². The fourth-order valence-corrected chi connectivity index (χ4v) is 4.98. The first kappa shape index (κ1) is 25.1. The van der Waals surface area contributed by atoms with Gasteiger partial charge >= 0.3 is 0 Å². The Morgan fingerprint density at radius 1 is 1.00 bits per heavy atom. The molecule has 2 aromatic rings. The number of nitrogens with one attached hydrogen (secondary N) is 1. The molecule has 0 bridgehead atoms. The molecule has 9 nitrogen and oxygen atoms in total. The molecule has 0 unspecified atom stereocenters. The van der Waals surface area contributed by atoms with Gasteiger partial charge in [0.15, 0.2) is 0 Å². The zero-order valence-corrected chi connectivity index (χ0v) is 20.1. The minimum absolute atomic E-state index is 0.00671. The third kappa shape index (κ3) is 5.55. The maximum Gasteiger partial charge on any atom is 0.243 e. The number of anilines is 1. The molecule has 2 rings (SSSR count). The van der Waals surface area contributed by atoms with Crippen LogP contribution in [0.15, 0.2) is 46.2 Å². The number of likely N-dealkylation sites (N-methyl/N-ethyl adjacent to an activating group) is 1. The Balaban J connectivity index is 2.21. The summed E-state index contributed by atoms with van der Waals surface area (Å²) in [7, 11) is -2.22. The van der Waals surface area contributed by atoms with Gasteiger partial charge in [-0.15, -0.1) is 0 Å². The number of carbonyl (C=O) groups excluding carboxylic acids is 1. The summed E-state index contributed by atoms with van der Waals surface area (Å²) >= 11 is 6.00. The van der Waals surface area contributed by atoms with Gasteiger partial charge in [0.05, 0.1) is 28.5 Å². The summed E-state index contributed by atoms with van der Waals surface area (Å²) in [5.41, 5.74) is 0.893. The molecule has 2 aromatic carbocycles. The van der Waals surface area contributed by atoms with Crippen LogP contribution in [0.5, 0.6) is 5.75 Å². The van der Waals surface area contributed by atoms with Crippen molar-refractivity contribution in [3.63, 3.8) is 0 Å². The molecule has 0 atom stereocenters. The van der Waals surface area contributed by atoms with E-state index in [1.54, 1.807) is 13.0 Å². The van der Waals surface area contributed by atoms with Crippen LogP contribution < -0.4 is 10.1 Å². The first-order valence-electron chi connectivity index (χ1n) is 8.93. The van der Waals surface area contributed by atoms with Crippen LogP contribution in [0.2, 0.25) is 5.02 Å². The summed E-state index contributed by atoms with van der Waals surface area (Å²) in [5, 5.41) is 2.69. The van der Waals surface area contributed by atoms with Gasteiger partial charge in [-0.25, -0.2) is 21.1 Å². The normalized spacial score (nSPS) is 12.3. The van der Waals surface area contributed by atoms with E-state index in [9.17, 15) is 21.6 Å². The molecule has 12 heteroatoms. The average molecular weight is 490 g/mol. The van der Waals surface area contributed by atoms with Gasteiger partial charge in [-0.05, 0) is 42.8 Å². The maximum absolute atomic E-state index is 12.8. The first-order chi connectivity index (χ1) is 14.3. The number of sulfonamides is 2. The van der Waals surface area contributed by atoms with Crippen LogP contribution in [0.25, 0.3) is 0 Å². The van der Waals surface area contributed by atoms with Crippen molar-refractivity contribution in [1.82, 2.24) is 8.61 Å². The Morgan fingerprint density at radius 3 is 2.13 bits per heavy atom. The molecule has 0 saturated heterocycles. The lowest BCUT2D eigenvalue weighted by Gasteiger charge is -2.18. The molecule has 0 spiro atoms. The van der Waals surface area contributed by atoms with Crippen molar-refractivity contribution >= 4 is 43.2 Å². The molecule has 1 N–H and O–H groups in total. The molecular weight excluding hydrogens is 466 g/mol. The van der Waals surface area contributed by atoms with Gasteiger partial charge in [0.2, 0.25) is 26.0 Å². The number of methoxy groups -OCH3 is 1. The minimum Gasteiger partial charge on any atom is -0.495 e. The van der Waals surface area contributed by atoms with Crippen molar-refractivity contribution in [3.8, 4) is 5.75 Å². The predicted octanol–water partition coefficient (Wildman–Crippen LogP) is 2.17. The number of nitrogens with zero attached hydrogens (tertiary/aromatic N) is 2. The maximum atomic E-state index is 12.8. The smallest absolute Gasteiger partial charge is 0.243 e. The highest BCUT2D eigenvalue weighted by Gasteiger charge is 2.25. The summed E-state index contributed by atoms with van der Waals surface area (Å²) in [6.07, 6.45) is 0. The molecule has 170 valence electrons. The Morgan fingerprint density at radius 2 is 1.58 bits per heavy atom. The number of aryl methyl sites for hydroxylation is 1. The quantitative estimate of drug-likeness (QED) is 0.608. The number of ether oxygens (including phenoxy) is 1. The van der Waals surface area contributed by atoms with Crippen molar-refractivity contribution in [3.05, 3.63) is 47.0 Å². The number of hydrogen-bond acceptors (Lipinski definition) is 6. The van der Waals surface area contributed by atoms with E-state index in [1.165, 1.54) is 58.6 Å². The summed E-state index contributed by atoms with van der Waals surface area (Å²) in [5.74, 6) is -0.308.